The van der Waals surface area contributed by atoms with Crippen molar-refractivity contribution in [2.75, 3.05) is 5.01 Å². The van der Waals surface area contributed by atoms with Gasteiger partial charge in [-0.05, 0) is 41.8 Å². The molecule has 1 aliphatic rings. The van der Waals surface area contributed by atoms with Crippen molar-refractivity contribution >= 4 is 17.2 Å². The fourth-order valence-electron chi connectivity index (χ4n) is 4.85. The van der Waals surface area contributed by atoms with E-state index in [9.17, 15) is 4.79 Å². The molecule has 0 spiro atoms. The average molecular weight is 467 g/mol. The summed E-state index contributed by atoms with van der Waals surface area (Å²) >= 11 is 0. The van der Waals surface area contributed by atoms with Gasteiger partial charge < -0.3 is 0 Å². The van der Waals surface area contributed by atoms with E-state index < -0.39 is 0 Å². The van der Waals surface area contributed by atoms with Crippen LogP contribution >= 0.6 is 0 Å². The standard InChI is InChI=1S/C32H38N2O/c1-2-3-4-5-6-7-8-15-20-32(35)28-21-23-29(24-22-28)34-31(27-18-13-10-14-19-27)25-30(33-34)26-16-11-9-12-17-26/h9-14,16-19,21-24,31H,2-8,15,20,25H2,1H3. The molecule has 0 fully saturated rings. The minimum atomic E-state index is 0.144. The molecule has 1 aliphatic heterocycles. The minimum absolute atomic E-state index is 0.144. The Morgan fingerprint density at radius 1 is 0.771 bits per heavy atom. The number of anilines is 1. The molecule has 4 rings (SSSR count). The Bertz CT molecular complexity index is 1070. The molecule has 0 amide bonds. The molecule has 3 aromatic carbocycles. The molecule has 1 heterocycles. The van der Waals surface area contributed by atoms with E-state index >= 15 is 0 Å². The van der Waals surface area contributed by atoms with Crippen LogP contribution < -0.4 is 5.01 Å². The predicted molar refractivity (Wildman–Crippen MR) is 147 cm³/mol. The van der Waals surface area contributed by atoms with Gasteiger partial charge in [-0.3, -0.25) is 9.80 Å². The Kier molecular flexibility index (Phi) is 9.28. The Morgan fingerprint density at radius 3 is 2.03 bits per heavy atom. The average Bonchev–Trinajstić information content (AvgIpc) is 3.37. The molecule has 0 N–H and O–H groups in total. The third kappa shape index (κ3) is 6.91. The van der Waals surface area contributed by atoms with E-state index in [0.29, 0.717) is 6.42 Å². The van der Waals surface area contributed by atoms with Crippen LogP contribution in [0, 0.1) is 0 Å². The van der Waals surface area contributed by atoms with Crippen LogP contribution in [0.4, 0.5) is 5.69 Å². The first-order valence-electron chi connectivity index (χ1n) is 13.4. The number of hydrazone groups is 1. The van der Waals surface area contributed by atoms with Crippen LogP contribution in [0.5, 0.6) is 0 Å². The molecule has 182 valence electrons. The van der Waals surface area contributed by atoms with E-state index in [1.807, 2.05) is 30.3 Å². The van der Waals surface area contributed by atoms with Crippen molar-refractivity contribution in [1.29, 1.82) is 0 Å². The lowest BCUT2D eigenvalue weighted by Gasteiger charge is -2.24. The Hall–Kier alpha value is -3.20. The fourth-order valence-corrected chi connectivity index (χ4v) is 4.85. The Morgan fingerprint density at radius 2 is 1.37 bits per heavy atom. The van der Waals surface area contributed by atoms with Gasteiger partial charge in [-0.15, -0.1) is 0 Å². The molecule has 0 aromatic heterocycles. The third-order valence-electron chi connectivity index (χ3n) is 6.91. The second kappa shape index (κ2) is 13.0. The maximum Gasteiger partial charge on any atom is 0.162 e. The lowest BCUT2D eigenvalue weighted by Crippen LogP contribution is -2.18. The van der Waals surface area contributed by atoms with Gasteiger partial charge in [0.15, 0.2) is 5.78 Å². The number of hydrogen-bond acceptors (Lipinski definition) is 3. The second-order valence-electron chi connectivity index (χ2n) is 9.58. The molecule has 0 saturated heterocycles. The summed E-state index contributed by atoms with van der Waals surface area (Å²) < 4.78 is 0. The van der Waals surface area contributed by atoms with Gasteiger partial charge in [-0.1, -0.05) is 113 Å². The summed E-state index contributed by atoms with van der Waals surface area (Å²) in [4.78, 5) is 12.7. The quantitative estimate of drug-likeness (QED) is 0.186. The first kappa shape index (κ1) is 24.9. The van der Waals surface area contributed by atoms with Crippen molar-refractivity contribution in [2.45, 2.75) is 77.2 Å². The summed E-state index contributed by atoms with van der Waals surface area (Å²) in [5.41, 5.74) is 5.33. The SMILES string of the molecule is CCCCCCCCCCC(=O)c1ccc(N2N=C(c3ccccc3)CC2c2ccccc2)cc1. The van der Waals surface area contributed by atoms with E-state index in [1.54, 1.807) is 0 Å². The maximum absolute atomic E-state index is 12.7. The van der Waals surface area contributed by atoms with Crippen LogP contribution in [0.1, 0.15) is 98.7 Å². The maximum atomic E-state index is 12.7. The van der Waals surface area contributed by atoms with Gasteiger partial charge in [0.05, 0.1) is 17.4 Å². The molecule has 3 nitrogen and oxygen atoms in total. The first-order valence-corrected chi connectivity index (χ1v) is 13.4. The molecule has 0 aliphatic carbocycles. The number of benzene rings is 3. The zero-order valence-corrected chi connectivity index (χ0v) is 21.0. The molecule has 0 saturated carbocycles. The molecule has 35 heavy (non-hydrogen) atoms. The summed E-state index contributed by atoms with van der Waals surface area (Å²) in [7, 11) is 0. The van der Waals surface area contributed by atoms with E-state index in [4.69, 9.17) is 5.10 Å². The molecule has 3 aromatic rings. The number of Topliss-reactive ketones (excluding diaryl/α,β-unsaturated/α-hetero) is 1. The highest BCUT2D eigenvalue weighted by Crippen LogP contribution is 2.36. The summed E-state index contributed by atoms with van der Waals surface area (Å²) in [5, 5.41) is 7.14. The van der Waals surface area contributed by atoms with Gasteiger partial charge in [0.25, 0.3) is 0 Å². The van der Waals surface area contributed by atoms with E-state index in [2.05, 4.69) is 66.5 Å². The van der Waals surface area contributed by atoms with Crippen molar-refractivity contribution in [3.8, 4) is 0 Å². The molecular weight excluding hydrogens is 428 g/mol. The van der Waals surface area contributed by atoms with Crippen LogP contribution in [0.15, 0.2) is 90.0 Å². The van der Waals surface area contributed by atoms with Gasteiger partial charge in [-0.25, -0.2) is 0 Å². The highest BCUT2D eigenvalue weighted by atomic mass is 16.1. The van der Waals surface area contributed by atoms with Gasteiger partial charge in [-0.2, -0.15) is 5.10 Å². The molecule has 1 unspecified atom stereocenters. The van der Waals surface area contributed by atoms with Crippen molar-refractivity contribution in [3.63, 3.8) is 0 Å². The van der Waals surface area contributed by atoms with E-state index in [-0.39, 0.29) is 11.8 Å². The first-order chi connectivity index (χ1) is 17.3. The summed E-state index contributed by atoms with van der Waals surface area (Å²) in [6.45, 7) is 2.25. The number of hydrogen-bond donors (Lipinski definition) is 0. The molecule has 0 bridgehead atoms. The normalized spacial score (nSPS) is 15.3. The molecule has 0 radical (unpaired) electrons. The molecule has 3 heteroatoms. The lowest BCUT2D eigenvalue weighted by atomic mass is 9.98. The van der Waals surface area contributed by atoms with Gasteiger partial charge >= 0.3 is 0 Å². The summed E-state index contributed by atoms with van der Waals surface area (Å²) in [6.07, 6.45) is 11.5. The molecular formula is C32H38N2O. The highest BCUT2D eigenvalue weighted by Gasteiger charge is 2.29. The van der Waals surface area contributed by atoms with Crippen molar-refractivity contribution in [1.82, 2.24) is 0 Å². The predicted octanol–water partition coefficient (Wildman–Crippen LogP) is 8.76. The number of rotatable bonds is 13. The van der Waals surface area contributed by atoms with Gasteiger partial charge in [0, 0.05) is 18.4 Å². The topological polar surface area (TPSA) is 32.7 Å². The zero-order valence-electron chi connectivity index (χ0n) is 21.0. The molecule has 1 atom stereocenters. The number of ketones is 1. The van der Waals surface area contributed by atoms with Crippen molar-refractivity contribution < 1.29 is 4.79 Å². The van der Waals surface area contributed by atoms with Gasteiger partial charge in [0.2, 0.25) is 0 Å². The fraction of sp³-hybridized carbons (Fsp3) is 0.375. The number of nitrogens with zero attached hydrogens (tertiary/aromatic N) is 2. The van der Waals surface area contributed by atoms with Crippen LogP contribution in [0.25, 0.3) is 0 Å². The third-order valence-corrected chi connectivity index (χ3v) is 6.91. The Balaban J connectivity index is 1.39. The van der Waals surface area contributed by atoms with E-state index in [1.165, 1.54) is 44.1 Å². The minimum Gasteiger partial charge on any atom is -0.294 e. The van der Waals surface area contributed by atoms with Crippen LogP contribution in [0.3, 0.4) is 0 Å². The van der Waals surface area contributed by atoms with Crippen molar-refractivity contribution in [2.24, 2.45) is 5.10 Å². The highest BCUT2D eigenvalue weighted by molar-refractivity contribution is 6.03. The van der Waals surface area contributed by atoms with E-state index in [0.717, 1.165) is 41.8 Å². The zero-order chi connectivity index (χ0) is 24.3. The second-order valence-corrected chi connectivity index (χ2v) is 9.58. The van der Waals surface area contributed by atoms with Crippen LogP contribution in [0.2, 0.25) is 0 Å². The Labute approximate surface area is 210 Å². The van der Waals surface area contributed by atoms with Crippen LogP contribution in [-0.4, -0.2) is 11.5 Å². The number of carbonyl (C=O) groups excluding carboxylic acids is 1. The number of unbranched alkanes of at least 4 members (excludes halogenated alkanes) is 7. The summed E-state index contributed by atoms with van der Waals surface area (Å²) in [6, 6.07) is 29.1. The lowest BCUT2D eigenvalue weighted by molar-refractivity contribution is 0.0979. The number of carbonyl (C=O) groups is 1. The monoisotopic (exact) mass is 466 g/mol. The largest absolute Gasteiger partial charge is 0.294 e. The smallest absolute Gasteiger partial charge is 0.162 e. The van der Waals surface area contributed by atoms with Crippen molar-refractivity contribution in [3.05, 3.63) is 102 Å². The van der Waals surface area contributed by atoms with Crippen LogP contribution in [-0.2, 0) is 0 Å². The summed E-state index contributed by atoms with van der Waals surface area (Å²) in [5.74, 6) is 0.247. The van der Waals surface area contributed by atoms with Gasteiger partial charge in [0.1, 0.15) is 0 Å².